The fourth-order valence-electron chi connectivity index (χ4n) is 1.72. The van der Waals surface area contributed by atoms with E-state index in [1.54, 1.807) is 0 Å². The molecule has 2 atom stereocenters. The quantitative estimate of drug-likeness (QED) is 0.797. The van der Waals surface area contributed by atoms with E-state index in [0.29, 0.717) is 0 Å². The molecule has 0 aliphatic heterocycles. The molecule has 23 heavy (non-hydrogen) atoms. The molecule has 0 aliphatic carbocycles. The molecule has 7 nitrogen and oxygen atoms in total. The van der Waals surface area contributed by atoms with Crippen LogP contribution < -0.4 is 4.74 Å². The predicted molar refractivity (Wildman–Crippen MR) is 63.8 cm³/mol. The zero-order chi connectivity index (χ0) is 17.0. The van der Waals surface area contributed by atoms with E-state index in [0.717, 1.165) is 29.3 Å². The molecule has 2 aromatic heterocycles. The van der Waals surface area contributed by atoms with Gasteiger partial charge in [-0.2, -0.15) is 13.2 Å². The molecule has 1 N–H and O–H groups in total. The third kappa shape index (κ3) is 4.55. The van der Waals surface area contributed by atoms with Crippen LogP contribution in [0.2, 0.25) is 0 Å². The number of rotatable bonds is 6. The zero-order valence-corrected chi connectivity index (χ0v) is 11.2. The lowest BCUT2D eigenvalue weighted by molar-refractivity contribution is -0.153. The summed E-state index contributed by atoms with van der Waals surface area (Å²) in [6, 6.07) is 0.856. The Kier molecular flexibility index (Phi) is 5.03. The van der Waals surface area contributed by atoms with Crippen molar-refractivity contribution in [3.63, 3.8) is 0 Å². The molecule has 0 fully saturated rings. The molecule has 2 unspecified atom stereocenters. The number of pyridine rings is 1. The smallest absolute Gasteiger partial charge is 0.422 e. The fourth-order valence-corrected chi connectivity index (χ4v) is 1.72. The van der Waals surface area contributed by atoms with Crippen LogP contribution in [-0.4, -0.2) is 55.6 Å². The molecule has 0 radical (unpaired) electrons. The summed E-state index contributed by atoms with van der Waals surface area (Å²) in [5.74, 6) is -0.201. The second kappa shape index (κ2) is 6.81. The average molecular weight is 339 g/mol. The first-order valence-corrected chi connectivity index (χ1v) is 6.12. The zero-order valence-electron chi connectivity index (χ0n) is 11.2. The summed E-state index contributed by atoms with van der Waals surface area (Å²) in [6.07, 6.45) is -7.85. The van der Waals surface area contributed by atoms with Gasteiger partial charge in [-0.15, -0.1) is 5.10 Å². The minimum Gasteiger partial charge on any atom is -0.483 e. The summed E-state index contributed by atoms with van der Waals surface area (Å²) in [5.41, 5.74) is -0.0653. The Morgan fingerprint density at radius 2 is 2.00 bits per heavy atom. The van der Waals surface area contributed by atoms with E-state index in [4.69, 9.17) is 0 Å². The Bertz CT molecular complexity index is 604. The van der Waals surface area contributed by atoms with E-state index < -0.39 is 31.4 Å². The van der Waals surface area contributed by atoms with Gasteiger partial charge in [-0.25, -0.2) is 13.5 Å². The SMILES string of the molecule is OC(C(F)F)C(c1ccc(OCC(F)(F)F)cn1)n1cnnn1. The van der Waals surface area contributed by atoms with E-state index in [-0.39, 0.29) is 11.4 Å². The highest BCUT2D eigenvalue weighted by Crippen LogP contribution is 2.25. The molecular weight excluding hydrogens is 329 g/mol. The molecule has 0 saturated heterocycles. The van der Waals surface area contributed by atoms with Crippen molar-refractivity contribution in [3.05, 3.63) is 30.4 Å². The van der Waals surface area contributed by atoms with Crippen LogP contribution in [0.5, 0.6) is 5.75 Å². The van der Waals surface area contributed by atoms with Crippen LogP contribution >= 0.6 is 0 Å². The molecule has 0 saturated carbocycles. The van der Waals surface area contributed by atoms with Crippen LogP contribution in [0, 0.1) is 0 Å². The van der Waals surface area contributed by atoms with Crippen LogP contribution in [0.15, 0.2) is 24.7 Å². The molecule has 0 amide bonds. The van der Waals surface area contributed by atoms with Crippen molar-refractivity contribution < 1.29 is 31.8 Å². The van der Waals surface area contributed by atoms with Crippen molar-refractivity contribution in [2.75, 3.05) is 6.61 Å². The van der Waals surface area contributed by atoms with Crippen molar-refractivity contribution in [2.24, 2.45) is 0 Å². The van der Waals surface area contributed by atoms with Gasteiger partial charge in [0.1, 0.15) is 24.2 Å². The Labute approximate surface area is 125 Å². The molecule has 126 valence electrons. The van der Waals surface area contributed by atoms with Crippen molar-refractivity contribution in [1.82, 2.24) is 25.2 Å². The Morgan fingerprint density at radius 1 is 1.26 bits per heavy atom. The number of hydrogen-bond acceptors (Lipinski definition) is 6. The van der Waals surface area contributed by atoms with Crippen LogP contribution in [0.3, 0.4) is 0 Å². The molecule has 0 aromatic carbocycles. The van der Waals surface area contributed by atoms with Gasteiger partial charge in [0, 0.05) is 0 Å². The molecule has 0 aliphatic rings. The first-order valence-electron chi connectivity index (χ1n) is 6.12. The molecule has 0 spiro atoms. The summed E-state index contributed by atoms with van der Waals surface area (Å²) >= 11 is 0. The average Bonchev–Trinajstić information content (AvgIpc) is 2.99. The highest BCUT2D eigenvalue weighted by atomic mass is 19.4. The number of tetrazole rings is 1. The summed E-state index contributed by atoms with van der Waals surface area (Å²) in [5, 5.41) is 19.6. The maximum Gasteiger partial charge on any atom is 0.422 e. The monoisotopic (exact) mass is 339 g/mol. The first-order chi connectivity index (χ1) is 10.8. The van der Waals surface area contributed by atoms with Gasteiger partial charge in [0.2, 0.25) is 0 Å². The largest absolute Gasteiger partial charge is 0.483 e. The summed E-state index contributed by atoms with van der Waals surface area (Å²) in [6.45, 7) is -1.51. The number of hydrogen-bond donors (Lipinski definition) is 1. The van der Waals surface area contributed by atoms with Gasteiger partial charge in [-0.05, 0) is 22.6 Å². The maximum absolute atomic E-state index is 12.8. The number of nitrogens with zero attached hydrogens (tertiary/aromatic N) is 5. The first kappa shape index (κ1) is 17.0. The Balaban J connectivity index is 2.20. The van der Waals surface area contributed by atoms with Gasteiger partial charge in [0.05, 0.1) is 11.9 Å². The van der Waals surface area contributed by atoms with Crippen LogP contribution in [0.25, 0.3) is 0 Å². The van der Waals surface area contributed by atoms with E-state index in [1.807, 2.05) is 0 Å². The molecule has 12 heteroatoms. The number of aliphatic hydroxyl groups is 1. The van der Waals surface area contributed by atoms with Gasteiger partial charge in [0.15, 0.2) is 6.61 Å². The lowest BCUT2D eigenvalue weighted by atomic mass is 10.1. The number of halogens is 5. The predicted octanol–water partition coefficient (Wildman–Crippen LogP) is 1.22. The van der Waals surface area contributed by atoms with Crippen molar-refractivity contribution in [2.45, 2.75) is 24.7 Å². The third-order valence-corrected chi connectivity index (χ3v) is 2.70. The maximum atomic E-state index is 12.8. The minimum atomic E-state index is -4.51. The number of ether oxygens (including phenoxy) is 1. The Morgan fingerprint density at radius 3 is 2.48 bits per heavy atom. The molecular formula is C11H10F5N5O2. The summed E-state index contributed by atoms with van der Waals surface area (Å²) in [7, 11) is 0. The normalized spacial score (nSPS) is 14.7. The van der Waals surface area contributed by atoms with E-state index in [9.17, 15) is 27.1 Å². The van der Waals surface area contributed by atoms with Crippen molar-refractivity contribution in [3.8, 4) is 5.75 Å². The standard InChI is InChI=1S/C11H10F5N5O2/c12-10(13)9(22)8(21-5-18-19-20-21)7-2-1-6(3-17-7)23-4-11(14,15)16/h1-3,5,8-10,22H,4H2. The molecule has 0 bridgehead atoms. The lowest BCUT2D eigenvalue weighted by Gasteiger charge is -2.21. The van der Waals surface area contributed by atoms with E-state index in [2.05, 4.69) is 25.2 Å². The molecule has 2 heterocycles. The van der Waals surface area contributed by atoms with Gasteiger partial charge < -0.3 is 9.84 Å². The molecule has 2 aromatic rings. The Hall–Kier alpha value is -2.37. The van der Waals surface area contributed by atoms with Gasteiger partial charge in [-0.3, -0.25) is 4.98 Å². The number of aliphatic hydroxyl groups excluding tert-OH is 1. The van der Waals surface area contributed by atoms with Crippen LogP contribution in [0.4, 0.5) is 22.0 Å². The van der Waals surface area contributed by atoms with Crippen LogP contribution in [0.1, 0.15) is 11.7 Å². The van der Waals surface area contributed by atoms with Crippen molar-refractivity contribution >= 4 is 0 Å². The lowest BCUT2D eigenvalue weighted by Crippen LogP contribution is -2.32. The van der Waals surface area contributed by atoms with E-state index >= 15 is 0 Å². The van der Waals surface area contributed by atoms with Crippen molar-refractivity contribution in [1.29, 1.82) is 0 Å². The molecule has 2 rings (SSSR count). The third-order valence-electron chi connectivity index (χ3n) is 2.70. The summed E-state index contributed by atoms with van der Waals surface area (Å²) in [4.78, 5) is 3.74. The highest BCUT2D eigenvalue weighted by Gasteiger charge is 2.33. The van der Waals surface area contributed by atoms with Gasteiger partial charge >= 0.3 is 6.18 Å². The number of aromatic nitrogens is 5. The van der Waals surface area contributed by atoms with E-state index in [1.165, 1.54) is 0 Å². The topological polar surface area (TPSA) is 86.0 Å². The minimum absolute atomic E-state index is 0.0653. The second-order valence-corrected chi connectivity index (χ2v) is 4.38. The van der Waals surface area contributed by atoms with Gasteiger partial charge in [-0.1, -0.05) is 0 Å². The summed E-state index contributed by atoms with van der Waals surface area (Å²) < 4.78 is 67.0. The number of alkyl halides is 5. The second-order valence-electron chi connectivity index (χ2n) is 4.38. The highest BCUT2D eigenvalue weighted by molar-refractivity contribution is 5.22. The van der Waals surface area contributed by atoms with Crippen LogP contribution in [-0.2, 0) is 0 Å². The van der Waals surface area contributed by atoms with Gasteiger partial charge in [0.25, 0.3) is 6.43 Å². The fraction of sp³-hybridized carbons (Fsp3) is 0.455.